The highest BCUT2D eigenvalue weighted by molar-refractivity contribution is 6.07. The van der Waals surface area contributed by atoms with Gasteiger partial charge in [-0.05, 0) is 46.2 Å². The minimum absolute atomic E-state index is 0.214. The first-order valence-electron chi connectivity index (χ1n) is 13.7. The number of fused-ring (bicyclic) bond motifs is 6. The Bertz CT molecular complexity index is 2130. The number of hydrogen-bond donors (Lipinski definition) is 0. The van der Waals surface area contributed by atoms with Crippen molar-refractivity contribution >= 4 is 32.6 Å². The summed E-state index contributed by atoms with van der Waals surface area (Å²) in [6.07, 6.45) is 1.84. The molecule has 7 aromatic rings. The number of pyridine rings is 2. The summed E-state index contributed by atoms with van der Waals surface area (Å²) in [5.41, 5.74) is 8.52. The van der Waals surface area contributed by atoms with Crippen molar-refractivity contribution in [3.05, 3.63) is 133 Å². The number of aromatic nitrogens is 2. The van der Waals surface area contributed by atoms with Crippen LogP contribution >= 0.6 is 0 Å². The molecule has 5 aromatic carbocycles. The molecule has 0 atom stereocenters. The van der Waals surface area contributed by atoms with E-state index in [1.165, 1.54) is 33.0 Å². The van der Waals surface area contributed by atoms with Crippen LogP contribution in [-0.4, -0.2) is 9.97 Å². The first kappa shape index (κ1) is 22.9. The second kappa shape index (κ2) is 8.49. The summed E-state index contributed by atoms with van der Waals surface area (Å²) < 4.78 is 6.44. The van der Waals surface area contributed by atoms with Gasteiger partial charge in [-0.1, -0.05) is 105 Å². The third kappa shape index (κ3) is 3.31. The van der Waals surface area contributed by atoms with E-state index < -0.39 is 0 Å². The zero-order valence-electron chi connectivity index (χ0n) is 22.3. The van der Waals surface area contributed by atoms with Gasteiger partial charge in [0, 0.05) is 39.1 Å². The molecule has 3 nitrogen and oxygen atoms in total. The summed E-state index contributed by atoms with van der Waals surface area (Å²) in [5.74, 6) is 1.85. The number of rotatable bonds is 2. The molecule has 2 aromatic heterocycles. The van der Waals surface area contributed by atoms with Crippen LogP contribution in [0.5, 0.6) is 11.5 Å². The molecular weight excluding hydrogens is 488 g/mol. The smallest absolute Gasteiger partial charge is 0.132 e. The van der Waals surface area contributed by atoms with Crippen LogP contribution in [0.4, 0.5) is 0 Å². The largest absolute Gasteiger partial charge is 0.457 e. The Morgan fingerprint density at radius 3 is 2.12 bits per heavy atom. The van der Waals surface area contributed by atoms with E-state index in [1.54, 1.807) is 0 Å². The molecule has 0 fully saturated rings. The van der Waals surface area contributed by atoms with Gasteiger partial charge in [0.15, 0.2) is 0 Å². The fourth-order valence-electron chi connectivity index (χ4n) is 6.44. The third-order valence-corrected chi connectivity index (χ3v) is 8.35. The zero-order valence-corrected chi connectivity index (χ0v) is 22.3. The number of ether oxygens (including phenoxy) is 1. The first-order valence-corrected chi connectivity index (χ1v) is 13.7. The van der Waals surface area contributed by atoms with Gasteiger partial charge in [-0.25, -0.2) is 4.98 Å². The zero-order chi connectivity index (χ0) is 26.8. The van der Waals surface area contributed by atoms with Gasteiger partial charge < -0.3 is 4.74 Å². The van der Waals surface area contributed by atoms with Crippen molar-refractivity contribution in [3.8, 4) is 33.9 Å². The van der Waals surface area contributed by atoms with Gasteiger partial charge in [0.2, 0.25) is 0 Å². The van der Waals surface area contributed by atoms with Crippen LogP contribution in [-0.2, 0) is 5.41 Å². The maximum absolute atomic E-state index is 6.44. The molecule has 0 bridgehead atoms. The summed E-state index contributed by atoms with van der Waals surface area (Å²) >= 11 is 0. The topological polar surface area (TPSA) is 35.0 Å². The van der Waals surface area contributed by atoms with Crippen LogP contribution in [0.25, 0.3) is 55.0 Å². The number of nitrogens with zero attached hydrogens (tertiary/aromatic N) is 2. The summed E-state index contributed by atoms with van der Waals surface area (Å²) in [6, 6.07) is 40.5. The SMILES string of the molecule is CC1(C)c2ccccc2Oc2cccc(-c3ccc(-c4ccc5ccc6cccnc6c5n4)c4ccccc34)c21. The molecule has 8 rings (SSSR count). The van der Waals surface area contributed by atoms with E-state index in [0.29, 0.717) is 0 Å². The van der Waals surface area contributed by atoms with E-state index >= 15 is 0 Å². The second-order valence-electron chi connectivity index (χ2n) is 11.0. The number of hydrogen-bond acceptors (Lipinski definition) is 3. The lowest BCUT2D eigenvalue weighted by molar-refractivity contribution is 0.419. The van der Waals surface area contributed by atoms with Gasteiger partial charge in [-0.15, -0.1) is 0 Å². The van der Waals surface area contributed by atoms with Crippen molar-refractivity contribution in [1.29, 1.82) is 0 Å². The maximum Gasteiger partial charge on any atom is 0.132 e. The lowest BCUT2D eigenvalue weighted by Gasteiger charge is -2.36. The third-order valence-electron chi connectivity index (χ3n) is 8.35. The normalized spacial score (nSPS) is 13.7. The number of benzene rings is 5. The maximum atomic E-state index is 6.44. The van der Waals surface area contributed by atoms with Gasteiger partial charge in [-0.2, -0.15) is 0 Å². The number of para-hydroxylation sites is 1. The van der Waals surface area contributed by atoms with Crippen molar-refractivity contribution in [2.45, 2.75) is 19.3 Å². The Labute approximate surface area is 232 Å². The van der Waals surface area contributed by atoms with Crippen LogP contribution in [0.15, 0.2) is 121 Å². The monoisotopic (exact) mass is 514 g/mol. The van der Waals surface area contributed by atoms with Gasteiger partial charge in [0.05, 0.1) is 16.7 Å². The minimum Gasteiger partial charge on any atom is -0.457 e. The Kier molecular flexibility index (Phi) is 4.86. The van der Waals surface area contributed by atoms with Crippen molar-refractivity contribution in [2.24, 2.45) is 0 Å². The van der Waals surface area contributed by atoms with E-state index in [-0.39, 0.29) is 5.41 Å². The molecule has 190 valence electrons. The molecule has 0 saturated heterocycles. The van der Waals surface area contributed by atoms with E-state index in [4.69, 9.17) is 9.72 Å². The average Bonchev–Trinajstić information content (AvgIpc) is 3.00. The molecule has 40 heavy (non-hydrogen) atoms. The van der Waals surface area contributed by atoms with E-state index in [2.05, 4.69) is 122 Å². The van der Waals surface area contributed by atoms with Crippen LogP contribution in [0.1, 0.15) is 25.0 Å². The quantitative estimate of drug-likeness (QED) is 0.215. The van der Waals surface area contributed by atoms with Crippen LogP contribution in [0, 0.1) is 0 Å². The first-order chi connectivity index (χ1) is 19.6. The molecule has 0 N–H and O–H groups in total. The molecule has 0 saturated carbocycles. The fourth-order valence-corrected chi connectivity index (χ4v) is 6.44. The van der Waals surface area contributed by atoms with E-state index in [0.717, 1.165) is 44.6 Å². The molecule has 3 heterocycles. The Morgan fingerprint density at radius 1 is 0.550 bits per heavy atom. The van der Waals surface area contributed by atoms with Crippen molar-refractivity contribution in [2.75, 3.05) is 0 Å². The molecule has 0 radical (unpaired) electrons. The Morgan fingerprint density at radius 2 is 1.25 bits per heavy atom. The summed E-state index contributed by atoms with van der Waals surface area (Å²) in [5, 5.41) is 4.56. The predicted octanol–water partition coefficient (Wildman–Crippen LogP) is 9.70. The summed E-state index contributed by atoms with van der Waals surface area (Å²) in [4.78, 5) is 9.82. The van der Waals surface area contributed by atoms with Crippen molar-refractivity contribution < 1.29 is 4.74 Å². The summed E-state index contributed by atoms with van der Waals surface area (Å²) in [6.45, 7) is 4.59. The molecule has 0 spiro atoms. The fraction of sp³-hybridized carbons (Fsp3) is 0.0811. The molecule has 0 amide bonds. The van der Waals surface area contributed by atoms with Crippen LogP contribution in [0.2, 0.25) is 0 Å². The molecule has 0 aliphatic carbocycles. The van der Waals surface area contributed by atoms with Crippen molar-refractivity contribution in [3.63, 3.8) is 0 Å². The van der Waals surface area contributed by atoms with Gasteiger partial charge in [0.1, 0.15) is 11.5 Å². The van der Waals surface area contributed by atoms with E-state index in [9.17, 15) is 0 Å². The van der Waals surface area contributed by atoms with Gasteiger partial charge in [0.25, 0.3) is 0 Å². The average molecular weight is 515 g/mol. The Hall–Kier alpha value is -5.02. The lowest BCUT2D eigenvalue weighted by Crippen LogP contribution is -2.25. The lowest BCUT2D eigenvalue weighted by atomic mass is 9.72. The van der Waals surface area contributed by atoms with Crippen LogP contribution < -0.4 is 4.74 Å². The highest BCUT2D eigenvalue weighted by Gasteiger charge is 2.36. The minimum atomic E-state index is -0.214. The van der Waals surface area contributed by atoms with Crippen molar-refractivity contribution in [1.82, 2.24) is 9.97 Å². The molecule has 3 heteroatoms. The summed E-state index contributed by atoms with van der Waals surface area (Å²) in [7, 11) is 0. The standard InChI is InChI=1S/C37H26N2O/c1-37(2)30-13-5-6-14-32(30)40-33-15-7-12-29(34(33)37)27-19-20-28(26-11-4-3-10-25(26)27)31-21-18-24-17-16-23-9-8-22-38-35(23)36(24)39-31/h3-22H,1-2H3. The molecule has 1 aliphatic heterocycles. The van der Waals surface area contributed by atoms with Crippen LogP contribution in [0.3, 0.4) is 0 Å². The molecule has 0 unspecified atom stereocenters. The predicted molar refractivity (Wildman–Crippen MR) is 164 cm³/mol. The van der Waals surface area contributed by atoms with E-state index in [1.807, 2.05) is 18.3 Å². The highest BCUT2D eigenvalue weighted by atomic mass is 16.5. The van der Waals surface area contributed by atoms with Gasteiger partial charge >= 0.3 is 0 Å². The highest BCUT2D eigenvalue weighted by Crippen LogP contribution is 2.52. The Balaban J connectivity index is 1.35. The molecular formula is C37H26N2O. The van der Waals surface area contributed by atoms with Gasteiger partial charge in [-0.3, -0.25) is 4.98 Å². The molecule has 1 aliphatic rings. The second-order valence-corrected chi connectivity index (χ2v) is 11.0.